The van der Waals surface area contributed by atoms with Crippen molar-refractivity contribution in [3.8, 4) is 0 Å². The van der Waals surface area contributed by atoms with Crippen LogP contribution in [0.4, 0.5) is 4.39 Å². The molecule has 22 heavy (non-hydrogen) atoms. The maximum absolute atomic E-state index is 14.9. The third kappa shape index (κ3) is 1.71. The lowest BCUT2D eigenvalue weighted by molar-refractivity contribution is -0.133. The summed E-state index contributed by atoms with van der Waals surface area (Å²) in [5, 5.41) is 0. The molecule has 0 aromatic carbocycles. The van der Waals surface area contributed by atoms with Gasteiger partial charge in [0.05, 0.1) is 0 Å². The van der Waals surface area contributed by atoms with Crippen molar-refractivity contribution in [2.24, 2.45) is 28.6 Å². The normalized spacial score (nSPS) is 51.0. The van der Waals surface area contributed by atoms with Crippen LogP contribution < -0.4 is 0 Å². The molecule has 4 aliphatic rings. The molecule has 120 valence electrons. The second kappa shape index (κ2) is 4.52. The SMILES string of the molecule is C[C@]12CCC(=O)C=C1C(F)C[C@@H]1[C@@H]2CC[C@]2(C)C(=O)CC[C@@H]12. The quantitative estimate of drug-likeness (QED) is 0.677. The monoisotopic (exact) mass is 304 g/mol. The van der Waals surface area contributed by atoms with Crippen molar-refractivity contribution in [1.29, 1.82) is 0 Å². The first kappa shape index (κ1) is 14.6. The van der Waals surface area contributed by atoms with Crippen LogP contribution in [0.25, 0.3) is 0 Å². The van der Waals surface area contributed by atoms with Gasteiger partial charge in [-0.05, 0) is 66.9 Å². The van der Waals surface area contributed by atoms with Crippen LogP contribution in [0.3, 0.4) is 0 Å². The van der Waals surface area contributed by atoms with Gasteiger partial charge < -0.3 is 0 Å². The molecule has 3 fully saturated rings. The molecule has 0 saturated heterocycles. The number of fused-ring (bicyclic) bond motifs is 5. The fourth-order valence-electron chi connectivity index (χ4n) is 6.33. The Labute approximate surface area is 131 Å². The van der Waals surface area contributed by atoms with Crippen molar-refractivity contribution in [1.82, 2.24) is 0 Å². The van der Waals surface area contributed by atoms with E-state index in [1.54, 1.807) is 6.08 Å². The fourth-order valence-corrected chi connectivity index (χ4v) is 6.33. The van der Waals surface area contributed by atoms with Crippen LogP contribution >= 0.6 is 0 Å². The minimum atomic E-state index is -0.992. The first-order valence-corrected chi connectivity index (χ1v) is 8.78. The molecule has 1 unspecified atom stereocenters. The first-order chi connectivity index (χ1) is 10.4. The molecule has 0 aromatic heterocycles. The summed E-state index contributed by atoms with van der Waals surface area (Å²) in [6, 6.07) is 0. The maximum Gasteiger partial charge on any atom is 0.155 e. The highest BCUT2D eigenvalue weighted by atomic mass is 19.1. The van der Waals surface area contributed by atoms with Gasteiger partial charge in [0.2, 0.25) is 0 Å². The third-order valence-electron chi connectivity index (χ3n) is 7.65. The Morgan fingerprint density at radius 1 is 1.05 bits per heavy atom. The van der Waals surface area contributed by atoms with E-state index >= 15 is 0 Å². The van der Waals surface area contributed by atoms with Gasteiger partial charge in [-0.3, -0.25) is 9.59 Å². The Morgan fingerprint density at radius 2 is 1.77 bits per heavy atom. The number of allylic oxidation sites excluding steroid dienone is 1. The van der Waals surface area contributed by atoms with Gasteiger partial charge in [0.25, 0.3) is 0 Å². The Balaban J connectivity index is 1.74. The van der Waals surface area contributed by atoms with E-state index in [0.717, 1.165) is 31.3 Å². The summed E-state index contributed by atoms with van der Waals surface area (Å²) in [6.45, 7) is 4.29. The minimum Gasteiger partial charge on any atom is -0.299 e. The molecule has 0 heterocycles. The summed E-state index contributed by atoms with van der Waals surface area (Å²) in [7, 11) is 0. The molecule has 0 spiro atoms. The van der Waals surface area contributed by atoms with Crippen LogP contribution in [0.15, 0.2) is 11.6 Å². The number of ketones is 2. The predicted octanol–water partition coefficient (Wildman–Crippen LogP) is 4.04. The maximum atomic E-state index is 14.9. The lowest BCUT2D eigenvalue weighted by atomic mass is 9.47. The molecule has 0 N–H and O–H groups in total. The van der Waals surface area contributed by atoms with E-state index in [2.05, 4.69) is 13.8 Å². The van der Waals surface area contributed by atoms with E-state index in [1.165, 1.54) is 0 Å². The van der Waals surface area contributed by atoms with Crippen molar-refractivity contribution >= 4 is 11.6 Å². The van der Waals surface area contributed by atoms with Crippen molar-refractivity contribution < 1.29 is 14.0 Å². The lowest BCUT2D eigenvalue weighted by Crippen LogP contribution is -2.53. The van der Waals surface area contributed by atoms with Gasteiger partial charge in [0.15, 0.2) is 5.78 Å². The number of alkyl halides is 1. The largest absolute Gasteiger partial charge is 0.299 e. The van der Waals surface area contributed by atoms with Crippen molar-refractivity contribution in [2.45, 2.75) is 65.0 Å². The number of halogens is 1. The molecule has 2 nitrogen and oxygen atoms in total. The van der Waals surface area contributed by atoms with E-state index in [0.29, 0.717) is 42.8 Å². The lowest BCUT2D eigenvalue weighted by Gasteiger charge is -2.57. The predicted molar refractivity (Wildman–Crippen MR) is 82.0 cm³/mol. The van der Waals surface area contributed by atoms with Crippen molar-refractivity contribution in [2.75, 3.05) is 0 Å². The molecule has 0 radical (unpaired) electrons. The average Bonchev–Trinajstić information content (AvgIpc) is 2.77. The highest BCUT2D eigenvalue weighted by Gasteiger charge is 2.60. The Bertz CT molecular complexity index is 580. The van der Waals surface area contributed by atoms with Gasteiger partial charge >= 0.3 is 0 Å². The molecule has 0 aliphatic heterocycles. The zero-order valence-electron chi connectivity index (χ0n) is 13.5. The van der Waals surface area contributed by atoms with E-state index in [4.69, 9.17) is 0 Å². The molecular formula is C19H25FO2. The zero-order valence-corrected chi connectivity index (χ0v) is 13.5. The summed E-state index contributed by atoms with van der Waals surface area (Å²) in [6.07, 6.45) is 6.06. The summed E-state index contributed by atoms with van der Waals surface area (Å²) >= 11 is 0. The molecule has 4 rings (SSSR count). The summed E-state index contributed by atoms with van der Waals surface area (Å²) < 4.78 is 14.9. The van der Waals surface area contributed by atoms with Gasteiger partial charge in [0, 0.05) is 18.3 Å². The zero-order chi connectivity index (χ0) is 15.7. The highest BCUT2D eigenvalue weighted by molar-refractivity contribution is 5.92. The summed E-state index contributed by atoms with van der Waals surface area (Å²) in [4.78, 5) is 24.1. The number of hydrogen-bond donors (Lipinski definition) is 0. The van der Waals surface area contributed by atoms with Crippen LogP contribution in [0.1, 0.15) is 58.8 Å². The van der Waals surface area contributed by atoms with Gasteiger partial charge in [-0.2, -0.15) is 0 Å². The van der Waals surface area contributed by atoms with Crippen molar-refractivity contribution in [3.63, 3.8) is 0 Å². The molecule has 4 aliphatic carbocycles. The molecule has 3 heteroatoms. The van der Waals surface area contributed by atoms with Gasteiger partial charge in [-0.1, -0.05) is 13.8 Å². The highest BCUT2D eigenvalue weighted by Crippen LogP contribution is 2.64. The standard InChI is InChI=1S/C19H25FO2/c1-18-7-5-11(21)9-15(18)16(20)10-12-13-3-4-17(22)19(13,2)8-6-14(12)18/h9,12-14,16H,3-8,10H2,1-2H3/t12-,13-,14-,16?,18+,19-/m0/s1. The van der Waals surface area contributed by atoms with E-state index in [-0.39, 0.29) is 16.6 Å². The average molecular weight is 304 g/mol. The number of carbonyl (C=O) groups is 2. The van der Waals surface area contributed by atoms with Crippen LogP contribution in [-0.4, -0.2) is 17.7 Å². The second-order valence-electron chi connectivity index (χ2n) is 8.48. The smallest absolute Gasteiger partial charge is 0.155 e. The Hall–Kier alpha value is -0.990. The molecule has 0 aromatic rings. The molecule has 6 atom stereocenters. The summed E-state index contributed by atoms with van der Waals surface area (Å²) in [5.74, 6) is 1.60. The minimum absolute atomic E-state index is 0.0882. The van der Waals surface area contributed by atoms with E-state index in [9.17, 15) is 14.0 Å². The third-order valence-corrected chi connectivity index (χ3v) is 7.65. The Kier molecular flexibility index (Phi) is 3.00. The second-order valence-corrected chi connectivity index (χ2v) is 8.48. The van der Waals surface area contributed by atoms with Crippen LogP contribution in [0, 0.1) is 28.6 Å². The Morgan fingerprint density at radius 3 is 2.55 bits per heavy atom. The van der Waals surface area contributed by atoms with Crippen LogP contribution in [-0.2, 0) is 9.59 Å². The van der Waals surface area contributed by atoms with Crippen LogP contribution in [0.2, 0.25) is 0 Å². The van der Waals surface area contributed by atoms with E-state index < -0.39 is 6.17 Å². The van der Waals surface area contributed by atoms with Crippen molar-refractivity contribution in [3.05, 3.63) is 11.6 Å². The number of carbonyl (C=O) groups excluding carboxylic acids is 2. The number of rotatable bonds is 0. The molecular weight excluding hydrogens is 279 g/mol. The van der Waals surface area contributed by atoms with Gasteiger partial charge in [-0.25, -0.2) is 4.39 Å². The van der Waals surface area contributed by atoms with Crippen LogP contribution in [0.5, 0.6) is 0 Å². The molecule has 3 saturated carbocycles. The fraction of sp³-hybridized carbons (Fsp3) is 0.789. The van der Waals surface area contributed by atoms with Gasteiger partial charge in [0.1, 0.15) is 12.0 Å². The first-order valence-electron chi connectivity index (χ1n) is 8.78. The van der Waals surface area contributed by atoms with Gasteiger partial charge in [-0.15, -0.1) is 0 Å². The summed E-state index contributed by atoms with van der Waals surface area (Å²) in [5.41, 5.74) is 0.393. The molecule has 0 bridgehead atoms. The number of hydrogen-bond acceptors (Lipinski definition) is 2. The molecule has 0 amide bonds. The van der Waals surface area contributed by atoms with E-state index in [1.807, 2.05) is 0 Å². The number of Topliss-reactive ketones (excluding diaryl/α,β-unsaturated/α-hetero) is 1. The topological polar surface area (TPSA) is 34.1 Å².